The molecule has 0 unspecified atom stereocenters. The molecule has 0 spiro atoms. The fraction of sp³-hybridized carbons (Fsp3) is 0.0625. The molecule has 0 fully saturated rings. The molecule has 0 aliphatic carbocycles. The summed E-state index contributed by atoms with van der Waals surface area (Å²) in [4.78, 5) is 11.7. The van der Waals surface area contributed by atoms with Crippen LogP contribution in [0.3, 0.4) is 0 Å². The molecule has 2 aromatic carbocycles. The SMILES string of the molecule is O=C(NCc1nnc(-c2ccccc2Cl)o1)Oc1ccccc1. The van der Waals surface area contributed by atoms with Gasteiger partial charge in [-0.2, -0.15) is 0 Å². The second-order valence-corrected chi connectivity index (χ2v) is 4.94. The van der Waals surface area contributed by atoms with E-state index in [-0.39, 0.29) is 12.4 Å². The molecule has 1 aromatic heterocycles. The zero-order valence-electron chi connectivity index (χ0n) is 11.9. The second kappa shape index (κ2) is 6.93. The zero-order valence-corrected chi connectivity index (χ0v) is 12.7. The van der Waals surface area contributed by atoms with Gasteiger partial charge in [0, 0.05) is 0 Å². The first kappa shape index (κ1) is 15.1. The summed E-state index contributed by atoms with van der Waals surface area (Å²) in [6.07, 6.45) is -0.603. The summed E-state index contributed by atoms with van der Waals surface area (Å²) >= 11 is 6.07. The van der Waals surface area contributed by atoms with Crippen LogP contribution in [-0.2, 0) is 6.54 Å². The summed E-state index contributed by atoms with van der Waals surface area (Å²) in [5.41, 5.74) is 0.639. The highest BCUT2D eigenvalue weighted by Crippen LogP contribution is 2.26. The minimum atomic E-state index is -0.603. The van der Waals surface area contributed by atoms with Crippen LogP contribution in [0.4, 0.5) is 4.79 Å². The molecular weight excluding hydrogens is 318 g/mol. The van der Waals surface area contributed by atoms with Crippen LogP contribution >= 0.6 is 11.6 Å². The lowest BCUT2D eigenvalue weighted by Gasteiger charge is -2.04. The maximum Gasteiger partial charge on any atom is 0.413 e. The predicted octanol–water partition coefficient (Wildman–Crippen LogP) is 3.68. The molecule has 0 atom stereocenters. The Labute approximate surface area is 137 Å². The number of benzene rings is 2. The van der Waals surface area contributed by atoms with Gasteiger partial charge in [0.2, 0.25) is 11.8 Å². The smallest absolute Gasteiger partial charge is 0.413 e. The molecule has 0 saturated carbocycles. The van der Waals surface area contributed by atoms with E-state index in [1.54, 1.807) is 36.4 Å². The summed E-state index contributed by atoms with van der Waals surface area (Å²) in [6.45, 7) is 0.0587. The van der Waals surface area contributed by atoms with Crippen molar-refractivity contribution in [1.82, 2.24) is 15.5 Å². The quantitative estimate of drug-likeness (QED) is 0.790. The van der Waals surface area contributed by atoms with Crippen molar-refractivity contribution in [3.63, 3.8) is 0 Å². The molecule has 1 heterocycles. The first-order valence-corrected chi connectivity index (χ1v) is 7.18. The Morgan fingerprint density at radius 1 is 1.09 bits per heavy atom. The van der Waals surface area contributed by atoms with Gasteiger partial charge in [0.05, 0.1) is 17.1 Å². The van der Waals surface area contributed by atoms with Crippen LogP contribution in [0.1, 0.15) is 5.89 Å². The molecule has 6 nitrogen and oxygen atoms in total. The third kappa shape index (κ3) is 3.87. The minimum absolute atomic E-state index is 0.0587. The van der Waals surface area contributed by atoms with E-state index >= 15 is 0 Å². The Morgan fingerprint density at radius 2 is 1.83 bits per heavy atom. The van der Waals surface area contributed by atoms with Crippen LogP contribution < -0.4 is 10.1 Å². The minimum Gasteiger partial charge on any atom is -0.419 e. The van der Waals surface area contributed by atoms with Crippen LogP contribution in [0, 0.1) is 0 Å². The summed E-state index contributed by atoms with van der Waals surface area (Å²) in [5, 5.41) is 10.8. The van der Waals surface area contributed by atoms with Crippen LogP contribution in [-0.4, -0.2) is 16.3 Å². The van der Waals surface area contributed by atoms with Crippen molar-refractivity contribution in [2.24, 2.45) is 0 Å². The molecule has 116 valence electrons. The maximum absolute atomic E-state index is 11.7. The molecule has 0 saturated heterocycles. The summed E-state index contributed by atoms with van der Waals surface area (Å²) in [5.74, 6) is 1.00. The van der Waals surface area contributed by atoms with E-state index in [9.17, 15) is 4.79 Å². The number of nitrogens with zero attached hydrogens (tertiary/aromatic N) is 2. The average Bonchev–Trinajstić information content (AvgIpc) is 3.03. The summed E-state index contributed by atoms with van der Waals surface area (Å²) < 4.78 is 10.6. The van der Waals surface area contributed by atoms with E-state index in [0.717, 1.165) is 0 Å². The van der Waals surface area contributed by atoms with Crippen molar-refractivity contribution < 1.29 is 13.9 Å². The molecule has 0 aliphatic rings. The third-order valence-corrected chi connectivity index (χ3v) is 3.24. The van der Waals surface area contributed by atoms with Gasteiger partial charge in [-0.1, -0.05) is 41.9 Å². The molecule has 0 radical (unpaired) electrons. The topological polar surface area (TPSA) is 77.3 Å². The third-order valence-electron chi connectivity index (χ3n) is 2.91. The first-order chi connectivity index (χ1) is 11.2. The van der Waals surface area contributed by atoms with Gasteiger partial charge >= 0.3 is 6.09 Å². The Morgan fingerprint density at radius 3 is 2.61 bits per heavy atom. The lowest BCUT2D eigenvalue weighted by atomic mass is 10.2. The Balaban J connectivity index is 1.59. The van der Waals surface area contributed by atoms with Gasteiger partial charge in [0.1, 0.15) is 5.75 Å². The molecule has 7 heteroatoms. The summed E-state index contributed by atoms with van der Waals surface area (Å²) in [7, 11) is 0. The Kier molecular flexibility index (Phi) is 4.54. The fourth-order valence-corrected chi connectivity index (χ4v) is 2.06. The molecule has 3 rings (SSSR count). The van der Waals surface area contributed by atoms with Gasteiger partial charge in [0.25, 0.3) is 0 Å². The number of hydrogen-bond acceptors (Lipinski definition) is 5. The largest absolute Gasteiger partial charge is 0.419 e. The average molecular weight is 330 g/mol. The summed E-state index contributed by atoms with van der Waals surface area (Å²) in [6, 6.07) is 15.9. The van der Waals surface area contributed by atoms with Crippen molar-refractivity contribution >= 4 is 17.7 Å². The Bertz CT molecular complexity index is 805. The molecule has 0 bridgehead atoms. The number of para-hydroxylation sites is 1. The Hall–Kier alpha value is -2.86. The van der Waals surface area contributed by atoms with Crippen LogP contribution in [0.5, 0.6) is 5.75 Å². The predicted molar refractivity (Wildman–Crippen MR) is 84.0 cm³/mol. The number of halogens is 1. The van der Waals surface area contributed by atoms with Crippen molar-refractivity contribution in [3.05, 3.63) is 65.5 Å². The normalized spacial score (nSPS) is 10.3. The van der Waals surface area contributed by atoms with Crippen LogP contribution in [0.25, 0.3) is 11.5 Å². The van der Waals surface area contributed by atoms with Crippen LogP contribution in [0.2, 0.25) is 5.02 Å². The van der Waals surface area contributed by atoms with Crippen molar-refractivity contribution in [2.75, 3.05) is 0 Å². The zero-order chi connectivity index (χ0) is 16.1. The van der Waals surface area contributed by atoms with Gasteiger partial charge in [0.15, 0.2) is 0 Å². The number of rotatable bonds is 4. The lowest BCUT2D eigenvalue weighted by Crippen LogP contribution is -2.26. The number of ether oxygens (including phenoxy) is 1. The van der Waals surface area contributed by atoms with Gasteiger partial charge < -0.3 is 14.5 Å². The lowest BCUT2D eigenvalue weighted by molar-refractivity contribution is 0.198. The number of amides is 1. The van der Waals surface area contributed by atoms with Crippen LogP contribution in [0.15, 0.2) is 59.0 Å². The molecule has 1 amide bonds. The molecule has 0 aliphatic heterocycles. The molecule has 1 N–H and O–H groups in total. The fourth-order valence-electron chi connectivity index (χ4n) is 1.85. The highest BCUT2D eigenvalue weighted by atomic mass is 35.5. The van der Waals surface area contributed by atoms with Gasteiger partial charge in [-0.05, 0) is 24.3 Å². The molecule has 23 heavy (non-hydrogen) atoms. The van der Waals surface area contributed by atoms with Gasteiger partial charge in [-0.3, -0.25) is 0 Å². The van der Waals surface area contributed by atoms with E-state index < -0.39 is 6.09 Å². The molecular formula is C16H12ClN3O3. The van der Waals surface area contributed by atoms with E-state index in [4.69, 9.17) is 20.8 Å². The van der Waals surface area contributed by atoms with E-state index in [2.05, 4.69) is 15.5 Å². The van der Waals surface area contributed by atoms with Crippen molar-refractivity contribution in [2.45, 2.75) is 6.54 Å². The number of carbonyl (C=O) groups excluding carboxylic acids is 1. The van der Waals surface area contributed by atoms with Gasteiger partial charge in [-0.25, -0.2) is 4.79 Å². The van der Waals surface area contributed by atoms with E-state index in [0.29, 0.717) is 22.2 Å². The number of hydrogen-bond donors (Lipinski definition) is 1. The van der Waals surface area contributed by atoms with E-state index in [1.807, 2.05) is 18.2 Å². The monoisotopic (exact) mass is 329 g/mol. The van der Waals surface area contributed by atoms with Crippen molar-refractivity contribution in [3.8, 4) is 17.2 Å². The second-order valence-electron chi connectivity index (χ2n) is 4.54. The number of nitrogens with one attached hydrogen (secondary N) is 1. The van der Waals surface area contributed by atoms with Crippen molar-refractivity contribution in [1.29, 1.82) is 0 Å². The maximum atomic E-state index is 11.7. The highest BCUT2D eigenvalue weighted by Gasteiger charge is 2.12. The highest BCUT2D eigenvalue weighted by molar-refractivity contribution is 6.33. The first-order valence-electron chi connectivity index (χ1n) is 6.80. The number of aromatic nitrogens is 2. The van der Waals surface area contributed by atoms with E-state index in [1.165, 1.54) is 0 Å². The number of carbonyl (C=O) groups is 1. The van der Waals surface area contributed by atoms with Gasteiger partial charge in [-0.15, -0.1) is 10.2 Å². The standard InChI is InChI=1S/C16H12ClN3O3/c17-13-9-5-4-8-12(13)15-20-19-14(23-15)10-18-16(21)22-11-6-2-1-3-7-11/h1-9H,10H2,(H,18,21). The molecule has 3 aromatic rings.